The maximum atomic E-state index is 12.0. The van der Waals surface area contributed by atoms with E-state index in [-0.39, 0.29) is 0 Å². The lowest BCUT2D eigenvalue weighted by molar-refractivity contribution is -0.387. The second-order valence-corrected chi connectivity index (χ2v) is 6.71. The highest BCUT2D eigenvalue weighted by molar-refractivity contribution is 5.77. The van der Waals surface area contributed by atoms with Crippen LogP contribution in [0.1, 0.15) is 13.3 Å². The normalized spacial score (nSPS) is 28.2. The fraction of sp³-hybridized carbons (Fsp3) is 0.529. The Morgan fingerprint density at radius 2 is 2.03 bits per heavy atom. The van der Waals surface area contributed by atoms with E-state index in [1.807, 2.05) is 0 Å². The minimum absolute atomic E-state index is 0.481. The van der Waals surface area contributed by atoms with E-state index in [4.69, 9.17) is 14.6 Å². The van der Waals surface area contributed by atoms with Crippen molar-refractivity contribution < 1.29 is 49.5 Å². The quantitative estimate of drug-likeness (QED) is 0.199. The van der Waals surface area contributed by atoms with Gasteiger partial charge in [-0.2, -0.15) is 0 Å². The first-order valence-electron chi connectivity index (χ1n) is 8.78. The molecule has 6 atom stereocenters. The van der Waals surface area contributed by atoms with Crippen LogP contribution < -0.4 is 10.1 Å². The topological polar surface area (TPSA) is 209 Å². The molecule has 1 fully saturated rings. The average molecular weight is 430 g/mol. The second kappa shape index (κ2) is 9.32. The third kappa shape index (κ3) is 4.83. The van der Waals surface area contributed by atoms with Crippen molar-refractivity contribution in [2.24, 2.45) is 0 Å². The van der Waals surface area contributed by atoms with Gasteiger partial charge in [-0.15, -0.1) is 0 Å². The standard InChI is InChI=1S/C17H22N2O11/c1-8(21)18-13-10(22)6-17(16(25)26,30-15(13)14(24)11(23)7-20)29-12-5-3-2-4-9(12)19(27)28/h2-5,10-11,13-15,20,22-24H,6-7H2,1H3,(H,18,21)(H,25,26)/t10-,11-,13-,14+,15+,17-/m1/s1. The highest BCUT2D eigenvalue weighted by Crippen LogP contribution is 2.37. The molecule has 0 radical (unpaired) electrons. The largest absolute Gasteiger partial charge is 0.476 e. The maximum Gasteiger partial charge on any atom is 0.377 e. The van der Waals surface area contributed by atoms with Crippen LogP contribution in [0, 0.1) is 10.1 Å². The van der Waals surface area contributed by atoms with Gasteiger partial charge in [0, 0.05) is 13.0 Å². The minimum Gasteiger partial charge on any atom is -0.476 e. The Hall–Kier alpha value is -2.84. The Labute approximate surface area is 169 Å². The van der Waals surface area contributed by atoms with Crippen LogP contribution in [-0.4, -0.2) is 85.2 Å². The number of carboxylic acid groups (broad SMARTS) is 1. The number of para-hydroxylation sites is 2. The molecule has 1 amide bonds. The van der Waals surface area contributed by atoms with Crippen LogP contribution >= 0.6 is 0 Å². The van der Waals surface area contributed by atoms with E-state index >= 15 is 0 Å². The number of rotatable bonds is 8. The van der Waals surface area contributed by atoms with Crippen molar-refractivity contribution in [1.29, 1.82) is 0 Å². The number of nitrogens with zero attached hydrogens (tertiary/aromatic N) is 1. The molecule has 0 aromatic heterocycles. The Morgan fingerprint density at radius 3 is 2.57 bits per heavy atom. The first-order chi connectivity index (χ1) is 14.0. The number of aliphatic carboxylic acids is 1. The summed E-state index contributed by atoms with van der Waals surface area (Å²) in [5.74, 6) is -5.62. The molecule has 0 saturated carbocycles. The zero-order valence-corrected chi connectivity index (χ0v) is 15.7. The van der Waals surface area contributed by atoms with Gasteiger partial charge in [-0.05, 0) is 6.07 Å². The van der Waals surface area contributed by atoms with Crippen LogP contribution in [0.15, 0.2) is 24.3 Å². The lowest BCUT2D eigenvalue weighted by Crippen LogP contribution is -2.68. The molecular formula is C17H22N2O11. The number of carbonyl (C=O) groups is 2. The number of carbonyl (C=O) groups excluding carboxylic acids is 1. The van der Waals surface area contributed by atoms with Gasteiger partial charge in [0.05, 0.1) is 30.1 Å². The van der Waals surface area contributed by atoms with Crippen LogP contribution in [0.5, 0.6) is 5.75 Å². The number of nitro groups is 1. The molecule has 13 nitrogen and oxygen atoms in total. The highest BCUT2D eigenvalue weighted by atomic mass is 16.7. The van der Waals surface area contributed by atoms with E-state index in [9.17, 15) is 40.1 Å². The lowest BCUT2D eigenvalue weighted by atomic mass is 9.88. The van der Waals surface area contributed by atoms with Crippen molar-refractivity contribution in [3.63, 3.8) is 0 Å². The van der Waals surface area contributed by atoms with Crippen LogP contribution in [-0.2, 0) is 14.3 Å². The Morgan fingerprint density at radius 1 is 1.40 bits per heavy atom. The zero-order valence-electron chi connectivity index (χ0n) is 15.7. The van der Waals surface area contributed by atoms with Gasteiger partial charge in [-0.3, -0.25) is 14.9 Å². The van der Waals surface area contributed by atoms with E-state index < -0.39 is 77.5 Å². The second-order valence-electron chi connectivity index (χ2n) is 6.71. The summed E-state index contributed by atoms with van der Waals surface area (Å²) in [5, 5.41) is 63.0. The Bertz CT molecular complexity index is 804. The van der Waals surface area contributed by atoms with Crippen LogP contribution in [0.25, 0.3) is 0 Å². The van der Waals surface area contributed by atoms with Crippen molar-refractivity contribution in [3.05, 3.63) is 34.4 Å². The number of hydrogen-bond acceptors (Lipinski definition) is 10. The average Bonchev–Trinajstić information content (AvgIpc) is 2.68. The third-order valence-corrected chi connectivity index (χ3v) is 4.52. The molecule has 6 N–H and O–H groups in total. The van der Waals surface area contributed by atoms with Crippen molar-refractivity contribution in [1.82, 2.24) is 5.32 Å². The van der Waals surface area contributed by atoms with Crippen molar-refractivity contribution >= 4 is 17.6 Å². The van der Waals surface area contributed by atoms with Gasteiger partial charge >= 0.3 is 17.4 Å². The molecule has 0 aliphatic carbocycles. The summed E-state index contributed by atoms with van der Waals surface area (Å²) < 4.78 is 10.7. The number of aliphatic hydroxyl groups is 4. The molecule has 30 heavy (non-hydrogen) atoms. The van der Waals surface area contributed by atoms with Gasteiger partial charge in [-0.1, -0.05) is 12.1 Å². The van der Waals surface area contributed by atoms with Gasteiger partial charge in [0.2, 0.25) is 11.7 Å². The summed E-state index contributed by atoms with van der Waals surface area (Å²) in [5.41, 5.74) is -0.576. The summed E-state index contributed by atoms with van der Waals surface area (Å²) in [6.07, 6.45) is -7.95. The first kappa shape index (κ1) is 23.4. The maximum absolute atomic E-state index is 12.0. The molecule has 2 rings (SSSR count). The molecule has 166 valence electrons. The SMILES string of the molecule is CC(=O)N[C@H]1[C@@H]([C@@H](O)[C@H](O)CO)O[C@@](Oc2ccccc2[N+](=O)[O-])(C(=O)O)C[C@H]1O. The number of amides is 1. The molecule has 13 heteroatoms. The van der Waals surface area contributed by atoms with E-state index in [1.54, 1.807) is 0 Å². The number of nitro benzene ring substituents is 1. The molecule has 1 heterocycles. The molecular weight excluding hydrogens is 408 g/mol. The summed E-state index contributed by atoms with van der Waals surface area (Å²) in [6.45, 7) is 0.163. The molecule has 1 saturated heterocycles. The van der Waals surface area contributed by atoms with Gasteiger partial charge in [0.1, 0.15) is 18.3 Å². The molecule has 0 spiro atoms. The van der Waals surface area contributed by atoms with Gasteiger partial charge in [-0.25, -0.2) is 4.79 Å². The van der Waals surface area contributed by atoms with Gasteiger partial charge < -0.3 is 40.3 Å². The fourth-order valence-corrected chi connectivity index (χ4v) is 3.10. The number of benzene rings is 1. The number of nitrogens with one attached hydrogen (secondary N) is 1. The minimum atomic E-state index is -2.71. The number of aliphatic hydroxyl groups excluding tert-OH is 4. The molecule has 1 aromatic carbocycles. The molecule has 0 bridgehead atoms. The smallest absolute Gasteiger partial charge is 0.377 e. The lowest BCUT2D eigenvalue weighted by Gasteiger charge is -2.46. The van der Waals surface area contributed by atoms with Crippen molar-refractivity contribution in [3.8, 4) is 5.75 Å². The van der Waals surface area contributed by atoms with E-state index in [2.05, 4.69) is 5.32 Å². The van der Waals surface area contributed by atoms with Crippen LogP contribution in [0.2, 0.25) is 0 Å². The zero-order chi connectivity index (χ0) is 22.6. The predicted octanol–water partition coefficient (Wildman–Crippen LogP) is -1.88. The van der Waals surface area contributed by atoms with E-state index in [0.717, 1.165) is 19.1 Å². The van der Waals surface area contributed by atoms with Crippen LogP contribution in [0.4, 0.5) is 5.69 Å². The first-order valence-corrected chi connectivity index (χ1v) is 8.78. The van der Waals surface area contributed by atoms with Crippen molar-refractivity contribution in [2.75, 3.05) is 6.61 Å². The highest BCUT2D eigenvalue weighted by Gasteiger charge is 2.57. The van der Waals surface area contributed by atoms with Gasteiger partial charge in [0.15, 0.2) is 0 Å². The molecule has 0 unspecified atom stereocenters. The number of carboxylic acids is 1. The summed E-state index contributed by atoms with van der Waals surface area (Å²) in [6, 6.07) is 3.48. The fourth-order valence-electron chi connectivity index (χ4n) is 3.10. The summed E-state index contributed by atoms with van der Waals surface area (Å²) >= 11 is 0. The van der Waals surface area contributed by atoms with Gasteiger partial charge in [0.25, 0.3) is 0 Å². The Kier molecular flexibility index (Phi) is 7.28. The molecule has 1 aliphatic rings. The van der Waals surface area contributed by atoms with E-state index in [1.165, 1.54) is 12.1 Å². The summed E-state index contributed by atoms with van der Waals surface area (Å²) in [4.78, 5) is 33.9. The van der Waals surface area contributed by atoms with Crippen LogP contribution in [0.3, 0.4) is 0 Å². The summed E-state index contributed by atoms with van der Waals surface area (Å²) in [7, 11) is 0. The monoisotopic (exact) mass is 430 g/mol. The number of ether oxygens (including phenoxy) is 2. The predicted molar refractivity (Wildman–Crippen MR) is 96.3 cm³/mol. The van der Waals surface area contributed by atoms with E-state index in [0.29, 0.717) is 0 Å². The number of hydrogen-bond donors (Lipinski definition) is 6. The molecule has 1 aliphatic heterocycles. The Balaban J connectivity index is 2.49. The third-order valence-electron chi connectivity index (χ3n) is 4.52. The molecule has 1 aromatic rings. The van der Waals surface area contributed by atoms with Crippen molar-refractivity contribution in [2.45, 2.75) is 49.6 Å².